The highest BCUT2D eigenvalue weighted by Gasteiger charge is 2.31. The van der Waals surface area contributed by atoms with Crippen LogP contribution in [0.1, 0.15) is 36.0 Å². The van der Waals surface area contributed by atoms with Crippen LogP contribution in [0.2, 0.25) is 0 Å². The quantitative estimate of drug-likeness (QED) is 0.735. The van der Waals surface area contributed by atoms with Gasteiger partial charge in [0.15, 0.2) is 0 Å². The van der Waals surface area contributed by atoms with Gasteiger partial charge in [0.05, 0.1) is 16.9 Å². The first-order valence-corrected chi connectivity index (χ1v) is 7.27. The summed E-state index contributed by atoms with van der Waals surface area (Å²) in [5.74, 6) is -0.918. The number of carboxylic acids is 1. The molecule has 2 heterocycles. The van der Waals surface area contributed by atoms with Crippen LogP contribution in [0.15, 0.2) is 18.2 Å². The Morgan fingerprint density at radius 2 is 2.20 bits per heavy atom. The van der Waals surface area contributed by atoms with Gasteiger partial charge < -0.3 is 21.1 Å². The standard InChI is InChI=1S/C15H21N3O2/c16-13-4-3-10(15(19)20)8-14(13)17-11-5-7-18-6-1-2-12(18)9-11/h3-4,8,11-12,17H,1-2,5-7,9,16H2,(H,19,20). The van der Waals surface area contributed by atoms with E-state index in [2.05, 4.69) is 10.2 Å². The van der Waals surface area contributed by atoms with E-state index in [0.29, 0.717) is 17.8 Å². The zero-order valence-corrected chi connectivity index (χ0v) is 11.5. The topological polar surface area (TPSA) is 78.6 Å². The van der Waals surface area contributed by atoms with Crippen molar-refractivity contribution >= 4 is 17.3 Å². The average Bonchev–Trinajstić information content (AvgIpc) is 2.88. The third-order valence-electron chi connectivity index (χ3n) is 4.48. The summed E-state index contributed by atoms with van der Waals surface area (Å²) in [5.41, 5.74) is 7.59. The lowest BCUT2D eigenvalue weighted by molar-refractivity contribution is 0.0697. The van der Waals surface area contributed by atoms with Gasteiger partial charge in [0.25, 0.3) is 0 Å². The number of fused-ring (bicyclic) bond motifs is 1. The number of nitrogens with zero attached hydrogens (tertiary/aromatic N) is 1. The molecule has 0 amide bonds. The molecule has 2 aliphatic heterocycles. The molecule has 1 aromatic rings. The smallest absolute Gasteiger partial charge is 0.335 e. The maximum absolute atomic E-state index is 11.0. The Balaban J connectivity index is 1.71. The zero-order valence-electron chi connectivity index (χ0n) is 11.5. The molecule has 0 aromatic heterocycles. The van der Waals surface area contributed by atoms with Gasteiger partial charge in [0.2, 0.25) is 0 Å². The number of nitrogen functional groups attached to an aromatic ring is 1. The van der Waals surface area contributed by atoms with Gasteiger partial charge in [-0.05, 0) is 50.4 Å². The molecule has 2 unspecified atom stereocenters. The average molecular weight is 275 g/mol. The first kappa shape index (κ1) is 13.2. The van der Waals surface area contributed by atoms with Crippen LogP contribution in [-0.4, -0.2) is 41.1 Å². The third kappa shape index (κ3) is 2.58. The van der Waals surface area contributed by atoms with E-state index in [4.69, 9.17) is 10.8 Å². The third-order valence-corrected chi connectivity index (χ3v) is 4.48. The van der Waals surface area contributed by atoms with Gasteiger partial charge in [-0.1, -0.05) is 0 Å². The van der Waals surface area contributed by atoms with Gasteiger partial charge in [-0.15, -0.1) is 0 Å². The number of nitrogens with one attached hydrogen (secondary N) is 1. The summed E-state index contributed by atoms with van der Waals surface area (Å²) in [7, 11) is 0. The van der Waals surface area contributed by atoms with Crippen LogP contribution in [0.25, 0.3) is 0 Å². The first-order chi connectivity index (χ1) is 9.63. The Morgan fingerprint density at radius 3 is 3.00 bits per heavy atom. The Hall–Kier alpha value is -1.75. The summed E-state index contributed by atoms with van der Waals surface area (Å²) >= 11 is 0. The molecule has 108 valence electrons. The van der Waals surface area contributed by atoms with E-state index in [1.165, 1.54) is 19.4 Å². The van der Waals surface area contributed by atoms with Crippen LogP contribution in [0.5, 0.6) is 0 Å². The fourth-order valence-corrected chi connectivity index (χ4v) is 3.39. The molecule has 0 radical (unpaired) electrons. The minimum absolute atomic E-state index is 0.278. The van der Waals surface area contributed by atoms with Crippen LogP contribution < -0.4 is 11.1 Å². The molecule has 2 saturated heterocycles. The number of hydrogen-bond donors (Lipinski definition) is 3. The predicted molar refractivity (Wildman–Crippen MR) is 79.1 cm³/mol. The van der Waals surface area contributed by atoms with Crippen molar-refractivity contribution in [3.8, 4) is 0 Å². The first-order valence-electron chi connectivity index (χ1n) is 7.27. The van der Waals surface area contributed by atoms with E-state index >= 15 is 0 Å². The summed E-state index contributed by atoms with van der Waals surface area (Å²) in [6.07, 6.45) is 4.79. The fraction of sp³-hybridized carbons (Fsp3) is 0.533. The SMILES string of the molecule is Nc1ccc(C(=O)O)cc1NC1CCN2CCCC2C1. The molecule has 2 aliphatic rings. The number of nitrogens with two attached hydrogens (primary N) is 1. The minimum Gasteiger partial charge on any atom is -0.478 e. The summed E-state index contributed by atoms with van der Waals surface area (Å²) in [6, 6.07) is 5.92. The van der Waals surface area contributed by atoms with Crippen molar-refractivity contribution in [2.45, 2.75) is 37.8 Å². The molecule has 2 fully saturated rings. The molecule has 0 saturated carbocycles. The molecule has 0 bridgehead atoms. The second-order valence-corrected chi connectivity index (χ2v) is 5.80. The second kappa shape index (κ2) is 5.32. The molecule has 0 spiro atoms. The normalized spacial score (nSPS) is 26.2. The van der Waals surface area contributed by atoms with E-state index in [1.807, 2.05) is 0 Å². The van der Waals surface area contributed by atoms with Crippen molar-refractivity contribution in [2.75, 3.05) is 24.1 Å². The van der Waals surface area contributed by atoms with Gasteiger partial charge in [-0.2, -0.15) is 0 Å². The van der Waals surface area contributed by atoms with Crippen molar-refractivity contribution < 1.29 is 9.90 Å². The summed E-state index contributed by atoms with van der Waals surface area (Å²) in [5, 5.41) is 12.5. The van der Waals surface area contributed by atoms with Gasteiger partial charge >= 0.3 is 5.97 Å². The molecule has 5 nitrogen and oxygen atoms in total. The minimum atomic E-state index is -0.918. The predicted octanol–water partition coefficient (Wildman–Crippen LogP) is 2.01. The van der Waals surface area contributed by atoms with Crippen molar-refractivity contribution in [1.82, 2.24) is 4.90 Å². The van der Waals surface area contributed by atoms with Gasteiger partial charge in [-0.25, -0.2) is 4.79 Å². The maximum atomic E-state index is 11.0. The highest BCUT2D eigenvalue weighted by molar-refractivity contribution is 5.90. The molecule has 4 N–H and O–H groups in total. The van der Waals surface area contributed by atoms with Crippen LogP contribution in [0.4, 0.5) is 11.4 Å². The number of benzene rings is 1. The van der Waals surface area contributed by atoms with Gasteiger partial charge in [0.1, 0.15) is 0 Å². The fourth-order valence-electron chi connectivity index (χ4n) is 3.39. The number of carboxylic acid groups (broad SMARTS) is 1. The Morgan fingerprint density at radius 1 is 1.35 bits per heavy atom. The summed E-state index contributed by atoms with van der Waals surface area (Å²) in [6.45, 7) is 2.36. The van der Waals surface area contributed by atoms with Gasteiger partial charge in [-0.3, -0.25) is 0 Å². The molecular weight excluding hydrogens is 254 g/mol. The molecule has 3 rings (SSSR count). The molecule has 1 aromatic carbocycles. The van der Waals surface area contributed by atoms with Crippen LogP contribution in [0.3, 0.4) is 0 Å². The van der Waals surface area contributed by atoms with Crippen molar-refractivity contribution in [1.29, 1.82) is 0 Å². The van der Waals surface area contributed by atoms with Crippen LogP contribution in [0, 0.1) is 0 Å². The zero-order chi connectivity index (χ0) is 14.1. The molecule has 2 atom stereocenters. The lowest BCUT2D eigenvalue weighted by Crippen LogP contribution is -2.42. The number of rotatable bonds is 3. The largest absolute Gasteiger partial charge is 0.478 e. The van der Waals surface area contributed by atoms with E-state index in [0.717, 1.165) is 25.1 Å². The number of anilines is 2. The Kier molecular flexibility index (Phi) is 3.53. The Bertz CT molecular complexity index is 518. The van der Waals surface area contributed by atoms with Crippen LogP contribution >= 0.6 is 0 Å². The van der Waals surface area contributed by atoms with Crippen LogP contribution in [-0.2, 0) is 0 Å². The number of aromatic carboxylic acids is 1. The highest BCUT2D eigenvalue weighted by atomic mass is 16.4. The summed E-state index contributed by atoms with van der Waals surface area (Å²) in [4.78, 5) is 13.6. The lowest BCUT2D eigenvalue weighted by Gasteiger charge is -2.35. The number of piperidine rings is 1. The maximum Gasteiger partial charge on any atom is 0.335 e. The molecule has 0 aliphatic carbocycles. The highest BCUT2D eigenvalue weighted by Crippen LogP contribution is 2.30. The number of carbonyl (C=O) groups is 1. The van der Waals surface area contributed by atoms with E-state index in [9.17, 15) is 4.79 Å². The second-order valence-electron chi connectivity index (χ2n) is 5.80. The van der Waals surface area contributed by atoms with E-state index < -0.39 is 5.97 Å². The van der Waals surface area contributed by atoms with Crippen molar-refractivity contribution in [2.24, 2.45) is 0 Å². The monoisotopic (exact) mass is 275 g/mol. The van der Waals surface area contributed by atoms with Crippen molar-refractivity contribution in [3.05, 3.63) is 23.8 Å². The molecule has 5 heteroatoms. The van der Waals surface area contributed by atoms with Crippen molar-refractivity contribution in [3.63, 3.8) is 0 Å². The Labute approximate surface area is 118 Å². The van der Waals surface area contributed by atoms with Gasteiger partial charge in [0, 0.05) is 18.6 Å². The lowest BCUT2D eigenvalue weighted by atomic mass is 9.97. The summed E-state index contributed by atoms with van der Waals surface area (Å²) < 4.78 is 0. The molecular formula is C15H21N3O2. The van der Waals surface area contributed by atoms with E-state index in [-0.39, 0.29) is 5.56 Å². The van der Waals surface area contributed by atoms with E-state index in [1.54, 1.807) is 18.2 Å². The molecule has 20 heavy (non-hydrogen) atoms. The number of hydrogen-bond acceptors (Lipinski definition) is 4.